The lowest BCUT2D eigenvalue weighted by molar-refractivity contribution is -0.144. The van der Waals surface area contributed by atoms with E-state index in [4.69, 9.17) is 15.3 Å². The van der Waals surface area contributed by atoms with Crippen molar-refractivity contribution in [2.45, 2.75) is 12.8 Å². The second kappa shape index (κ2) is 7.05. The lowest BCUT2D eigenvalue weighted by Crippen LogP contribution is -2.24. The lowest BCUT2D eigenvalue weighted by Gasteiger charge is -2.14. The van der Waals surface area contributed by atoms with Crippen LogP contribution in [-0.2, 0) is 14.4 Å². The highest BCUT2D eigenvalue weighted by atomic mass is 16.4. The first kappa shape index (κ1) is 15.6. The number of rotatable bonds is 8. The van der Waals surface area contributed by atoms with Crippen molar-refractivity contribution in [1.82, 2.24) is 0 Å². The van der Waals surface area contributed by atoms with Crippen LogP contribution in [0.3, 0.4) is 0 Å². The van der Waals surface area contributed by atoms with Gasteiger partial charge >= 0.3 is 17.9 Å². The van der Waals surface area contributed by atoms with Crippen LogP contribution in [0.15, 0.2) is 36.5 Å². The highest BCUT2D eigenvalue weighted by Crippen LogP contribution is 2.23. The summed E-state index contributed by atoms with van der Waals surface area (Å²) in [5.74, 6) is -5.88. The van der Waals surface area contributed by atoms with Gasteiger partial charge in [-0.3, -0.25) is 4.79 Å². The van der Waals surface area contributed by atoms with Crippen LogP contribution in [0.1, 0.15) is 12.8 Å². The minimum atomic E-state index is -1.57. The van der Waals surface area contributed by atoms with Gasteiger partial charge in [0.1, 0.15) is 0 Å². The van der Waals surface area contributed by atoms with Gasteiger partial charge in [-0.1, -0.05) is 12.2 Å². The van der Waals surface area contributed by atoms with Crippen LogP contribution in [0.5, 0.6) is 0 Å². The summed E-state index contributed by atoms with van der Waals surface area (Å²) in [5.41, 5.74) is -1.12. The maximum Gasteiger partial charge on any atom is 0.333 e. The van der Waals surface area contributed by atoms with E-state index in [1.807, 2.05) is 0 Å². The predicted molar refractivity (Wildman–Crippen MR) is 63.1 cm³/mol. The molecule has 0 aromatic carbocycles. The molecule has 0 saturated carbocycles. The van der Waals surface area contributed by atoms with Gasteiger partial charge in [-0.25, -0.2) is 9.59 Å². The minimum absolute atomic E-state index is 0.162. The molecular formula is C12H14O6. The Balaban J connectivity index is 5.89. The standard InChI is InChI=1S/C12H14O6/c1-3-5-7(10(13)14)9(12(17)18)8(6-4-2)11(15)16/h3-4,7H,1-2,5-6H2,(H,13,14)(H,15,16)(H,17,18). The van der Waals surface area contributed by atoms with Crippen LogP contribution < -0.4 is 0 Å². The van der Waals surface area contributed by atoms with Crippen molar-refractivity contribution in [3.05, 3.63) is 36.5 Å². The van der Waals surface area contributed by atoms with Crippen LogP contribution in [0.2, 0.25) is 0 Å². The van der Waals surface area contributed by atoms with Gasteiger partial charge < -0.3 is 15.3 Å². The van der Waals surface area contributed by atoms with Crippen LogP contribution in [0.25, 0.3) is 0 Å². The number of carboxylic acid groups (broad SMARTS) is 3. The summed E-state index contributed by atoms with van der Waals surface area (Å²) in [6.07, 6.45) is 2.05. The number of hydrogen-bond donors (Lipinski definition) is 3. The minimum Gasteiger partial charge on any atom is -0.481 e. The molecule has 0 fully saturated rings. The Morgan fingerprint density at radius 1 is 1.00 bits per heavy atom. The molecule has 0 spiro atoms. The summed E-state index contributed by atoms with van der Waals surface area (Å²) in [4.78, 5) is 33.1. The zero-order valence-electron chi connectivity index (χ0n) is 9.63. The number of hydrogen-bond acceptors (Lipinski definition) is 3. The number of aliphatic carboxylic acids is 3. The Morgan fingerprint density at radius 3 is 1.83 bits per heavy atom. The first-order valence-electron chi connectivity index (χ1n) is 5.01. The predicted octanol–water partition coefficient (Wildman–Crippen LogP) is 1.31. The zero-order chi connectivity index (χ0) is 14.3. The molecule has 18 heavy (non-hydrogen) atoms. The molecule has 0 bridgehead atoms. The quantitative estimate of drug-likeness (QED) is 0.444. The summed E-state index contributed by atoms with van der Waals surface area (Å²) in [6.45, 7) is 6.65. The molecule has 6 heteroatoms. The second-order valence-electron chi connectivity index (χ2n) is 3.41. The largest absolute Gasteiger partial charge is 0.481 e. The molecule has 0 aliphatic heterocycles. The maximum absolute atomic E-state index is 11.1. The topological polar surface area (TPSA) is 112 Å². The fraction of sp³-hybridized carbons (Fsp3) is 0.250. The molecule has 0 saturated heterocycles. The van der Waals surface area contributed by atoms with Crippen LogP contribution in [0.4, 0.5) is 0 Å². The molecule has 1 unspecified atom stereocenters. The molecule has 0 amide bonds. The van der Waals surface area contributed by atoms with Gasteiger partial charge in [0.15, 0.2) is 0 Å². The molecule has 0 heterocycles. The van der Waals surface area contributed by atoms with Gasteiger partial charge in [-0.15, -0.1) is 13.2 Å². The van der Waals surface area contributed by atoms with Gasteiger partial charge in [-0.05, 0) is 12.8 Å². The van der Waals surface area contributed by atoms with E-state index in [0.29, 0.717) is 0 Å². The zero-order valence-corrected chi connectivity index (χ0v) is 9.63. The molecule has 0 radical (unpaired) electrons. The third-order valence-corrected chi connectivity index (χ3v) is 2.21. The van der Waals surface area contributed by atoms with E-state index in [2.05, 4.69) is 13.2 Å². The fourth-order valence-corrected chi connectivity index (χ4v) is 1.45. The number of carbonyl (C=O) groups is 3. The van der Waals surface area contributed by atoms with Crippen molar-refractivity contribution < 1.29 is 29.7 Å². The van der Waals surface area contributed by atoms with Crippen molar-refractivity contribution in [1.29, 1.82) is 0 Å². The molecule has 0 aromatic rings. The van der Waals surface area contributed by atoms with Gasteiger partial charge in [0.2, 0.25) is 0 Å². The monoisotopic (exact) mass is 254 g/mol. The second-order valence-corrected chi connectivity index (χ2v) is 3.41. The van der Waals surface area contributed by atoms with Crippen molar-refractivity contribution in [3.8, 4) is 0 Å². The first-order chi connectivity index (χ1) is 8.36. The smallest absolute Gasteiger partial charge is 0.333 e. The van der Waals surface area contributed by atoms with E-state index in [0.717, 1.165) is 0 Å². The maximum atomic E-state index is 11.1. The van der Waals surface area contributed by atoms with E-state index < -0.39 is 35.0 Å². The molecule has 6 nitrogen and oxygen atoms in total. The normalized spacial score (nSPS) is 13.1. The van der Waals surface area contributed by atoms with Crippen molar-refractivity contribution in [3.63, 3.8) is 0 Å². The van der Waals surface area contributed by atoms with Crippen LogP contribution in [0, 0.1) is 5.92 Å². The van der Waals surface area contributed by atoms with Crippen LogP contribution in [-0.4, -0.2) is 33.2 Å². The van der Waals surface area contributed by atoms with E-state index in [-0.39, 0.29) is 12.8 Å². The summed E-state index contributed by atoms with van der Waals surface area (Å²) in [6, 6.07) is 0. The Morgan fingerprint density at radius 2 is 1.56 bits per heavy atom. The molecular weight excluding hydrogens is 240 g/mol. The van der Waals surface area contributed by atoms with E-state index in [1.54, 1.807) is 0 Å². The highest BCUT2D eigenvalue weighted by Gasteiger charge is 2.31. The molecule has 0 aliphatic rings. The Labute approximate surface area is 104 Å². The van der Waals surface area contributed by atoms with E-state index in [1.165, 1.54) is 12.2 Å². The Bertz CT molecular complexity index is 418. The lowest BCUT2D eigenvalue weighted by atomic mass is 9.90. The van der Waals surface area contributed by atoms with Gasteiger partial charge in [-0.2, -0.15) is 0 Å². The molecule has 1 atom stereocenters. The van der Waals surface area contributed by atoms with Gasteiger partial charge in [0.05, 0.1) is 17.1 Å². The summed E-state index contributed by atoms with van der Waals surface area (Å²) >= 11 is 0. The molecule has 3 N–H and O–H groups in total. The van der Waals surface area contributed by atoms with Crippen LogP contribution >= 0.6 is 0 Å². The first-order valence-corrected chi connectivity index (χ1v) is 5.01. The van der Waals surface area contributed by atoms with Gasteiger partial charge in [0, 0.05) is 0 Å². The van der Waals surface area contributed by atoms with Gasteiger partial charge in [0.25, 0.3) is 0 Å². The summed E-state index contributed by atoms with van der Waals surface area (Å²) in [7, 11) is 0. The van der Waals surface area contributed by atoms with E-state index in [9.17, 15) is 14.4 Å². The van der Waals surface area contributed by atoms with E-state index >= 15 is 0 Å². The molecule has 0 aromatic heterocycles. The molecule has 0 rings (SSSR count). The SMILES string of the molecule is C=CCC(C(=O)O)=C(C(=O)O)C(CC=C)C(=O)O. The number of carboxylic acids is 3. The number of allylic oxidation sites excluding steroid dienone is 2. The summed E-state index contributed by atoms with van der Waals surface area (Å²) < 4.78 is 0. The average Bonchev–Trinajstić information content (AvgIpc) is 2.26. The fourth-order valence-electron chi connectivity index (χ4n) is 1.45. The average molecular weight is 254 g/mol. The molecule has 98 valence electrons. The third-order valence-electron chi connectivity index (χ3n) is 2.21. The van der Waals surface area contributed by atoms with Crippen molar-refractivity contribution >= 4 is 17.9 Å². The van der Waals surface area contributed by atoms with Crippen molar-refractivity contribution in [2.24, 2.45) is 5.92 Å². The summed E-state index contributed by atoms with van der Waals surface area (Å²) in [5, 5.41) is 26.9. The third kappa shape index (κ3) is 3.89. The van der Waals surface area contributed by atoms with Crippen molar-refractivity contribution in [2.75, 3.05) is 0 Å². The Kier molecular flexibility index (Phi) is 6.12. The molecule has 0 aliphatic carbocycles. The Hall–Kier alpha value is -2.37. The highest BCUT2D eigenvalue weighted by molar-refractivity contribution is 6.02.